The van der Waals surface area contributed by atoms with Gasteiger partial charge in [-0.3, -0.25) is 4.90 Å². The van der Waals surface area contributed by atoms with Crippen molar-refractivity contribution in [1.82, 2.24) is 4.90 Å². The van der Waals surface area contributed by atoms with Crippen LogP contribution in [0.4, 0.5) is 0 Å². The Labute approximate surface area is 143 Å². The van der Waals surface area contributed by atoms with Crippen molar-refractivity contribution in [2.45, 2.75) is 38.0 Å². The number of rotatable bonds is 4. The second-order valence-electron chi connectivity index (χ2n) is 6.93. The molecule has 2 aromatic carbocycles. The predicted molar refractivity (Wildman–Crippen MR) is 93.6 cm³/mol. The topological polar surface area (TPSA) is 36.3 Å². The van der Waals surface area contributed by atoms with Gasteiger partial charge in [-0.1, -0.05) is 30.3 Å². The lowest BCUT2D eigenvalue weighted by molar-refractivity contribution is 0.0340. The van der Waals surface area contributed by atoms with Gasteiger partial charge in [-0.15, -0.1) is 0 Å². The van der Waals surface area contributed by atoms with Gasteiger partial charge in [0.25, 0.3) is 0 Å². The van der Waals surface area contributed by atoms with Crippen LogP contribution < -0.4 is 4.74 Å². The molecule has 0 aromatic heterocycles. The summed E-state index contributed by atoms with van der Waals surface area (Å²) in [7, 11) is 0. The first-order valence-electron chi connectivity index (χ1n) is 8.76. The average Bonchev–Trinajstić information content (AvgIpc) is 3.06. The highest BCUT2D eigenvalue weighted by molar-refractivity contribution is 5.34. The number of ether oxygens (including phenoxy) is 1. The van der Waals surface area contributed by atoms with Crippen molar-refractivity contribution in [3.63, 3.8) is 0 Å². The molecule has 24 heavy (non-hydrogen) atoms. The van der Waals surface area contributed by atoms with E-state index >= 15 is 0 Å². The maximum absolute atomic E-state index is 8.91. The largest absolute Gasteiger partial charge is 0.489 e. The minimum absolute atomic E-state index is 0.250. The Morgan fingerprint density at radius 1 is 1.04 bits per heavy atom. The van der Waals surface area contributed by atoms with Crippen LogP contribution >= 0.6 is 0 Å². The Bertz CT molecular complexity index is 720. The molecule has 3 nitrogen and oxygen atoms in total. The molecule has 3 atom stereocenters. The summed E-state index contributed by atoms with van der Waals surface area (Å²) in [5, 5.41) is 8.91. The molecule has 122 valence electrons. The van der Waals surface area contributed by atoms with Crippen LogP contribution in [0.1, 0.15) is 30.4 Å². The Morgan fingerprint density at radius 2 is 1.83 bits per heavy atom. The van der Waals surface area contributed by atoms with E-state index in [4.69, 9.17) is 10.00 Å². The first-order chi connectivity index (χ1) is 11.8. The third-order valence-corrected chi connectivity index (χ3v) is 5.40. The number of nitriles is 1. The molecule has 0 radical (unpaired) electrons. The summed E-state index contributed by atoms with van der Waals surface area (Å²) < 4.78 is 6.30. The van der Waals surface area contributed by atoms with Gasteiger partial charge >= 0.3 is 0 Å². The van der Waals surface area contributed by atoms with Crippen LogP contribution in [-0.4, -0.2) is 23.6 Å². The summed E-state index contributed by atoms with van der Waals surface area (Å²) >= 11 is 0. The van der Waals surface area contributed by atoms with Crippen molar-refractivity contribution in [2.24, 2.45) is 5.92 Å². The standard InChI is InChI=1S/C21H22N2O/c22-13-16-6-10-20(11-7-16)24-21-15-23(19-9-8-18(21)12-19)14-17-4-2-1-3-5-17/h1-7,10-11,18-19,21H,8-9,12,14-15H2/t18-,19+,21-/m0/s1. The van der Waals surface area contributed by atoms with E-state index in [0.29, 0.717) is 17.5 Å². The van der Waals surface area contributed by atoms with Crippen molar-refractivity contribution in [1.29, 1.82) is 5.26 Å². The van der Waals surface area contributed by atoms with Gasteiger partial charge in [0.15, 0.2) is 0 Å². The molecule has 0 unspecified atom stereocenters. The Balaban J connectivity index is 1.46. The molecule has 0 N–H and O–H groups in total. The van der Waals surface area contributed by atoms with Crippen LogP contribution in [0.15, 0.2) is 54.6 Å². The highest BCUT2D eigenvalue weighted by atomic mass is 16.5. The molecular formula is C21H22N2O. The van der Waals surface area contributed by atoms with Crippen LogP contribution in [0.3, 0.4) is 0 Å². The summed E-state index contributed by atoms with van der Waals surface area (Å²) in [6.45, 7) is 2.00. The molecule has 1 heterocycles. The summed E-state index contributed by atoms with van der Waals surface area (Å²) in [6.07, 6.45) is 4.04. The number of hydrogen-bond donors (Lipinski definition) is 0. The third kappa shape index (κ3) is 3.16. The number of fused-ring (bicyclic) bond motifs is 2. The molecule has 1 aliphatic heterocycles. The van der Waals surface area contributed by atoms with Gasteiger partial charge in [-0.25, -0.2) is 0 Å². The quantitative estimate of drug-likeness (QED) is 0.855. The molecular weight excluding hydrogens is 296 g/mol. The molecule has 3 heteroatoms. The molecule has 2 aliphatic rings. The zero-order chi connectivity index (χ0) is 16.4. The smallest absolute Gasteiger partial charge is 0.119 e. The van der Waals surface area contributed by atoms with Gasteiger partial charge in [0.2, 0.25) is 0 Å². The molecule has 2 fully saturated rings. The normalized spacial score (nSPS) is 26.0. The fourth-order valence-corrected chi connectivity index (χ4v) is 4.12. The highest BCUT2D eigenvalue weighted by Gasteiger charge is 2.41. The van der Waals surface area contributed by atoms with E-state index < -0.39 is 0 Å². The number of piperidine rings is 1. The van der Waals surface area contributed by atoms with Gasteiger partial charge < -0.3 is 4.74 Å². The maximum atomic E-state index is 8.91. The monoisotopic (exact) mass is 318 g/mol. The second kappa shape index (κ2) is 6.67. The lowest BCUT2D eigenvalue weighted by Gasteiger charge is -2.38. The SMILES string of the molecule is N#Cc1ccc(O[C@H]2CN(Cc3ccccc3)[C@@H]3CC[C@H]2C3)cc1. The van der Waals surface area contributed by atoms with Gasteiger partial charge in [0.1, 0.15) is 11.9 Å². The maximum Gasteiger partial charge on any atom is 0.119 e. The minimum Gasteiger partial charge on any atom is -0.489 e. The molecule has 2 aromatic rings. The Kier molecular flexibility index (Phi) is 4.23. The van der Waals surface area contributed by atoms with Crippen LogP contribution in [0.2, 0.25) is 0 Å². The first-order valence-corrected chi connectivity index (χ1v) is 8.76. The van der Waals surface area contributed by atoms with Crippen LogP contribution in [0.25, 0.3) is 0 Å². The molecule has 1 saturated heterocycles. The fourth-order valence-electron chi connectivity index (χ4n) is 4.12. The van der Waals surface area contributed by atoms with E-state index in [-0.39, 0.29) is 6.10 Å². The number of nitrogens with zero attached hydrogens (tertiary/aromatic N) is 2. The van der Waals surface area contributed by atoms with E-state index in [9.17, 15) is 0 Å². The van der Waals surface area contributed by atoms with Crippen molar-refractivity contribution < 1.29 is 4.74 Å². The number of benzene rings is 2. The van der Waals surface area contributed by atoms with Gasteiger partial charge in [-0.05, 0) is 55.0 Å². The highest BCUT2D eigenvalue weighted by Crippen LogP contribution is 2.39. The van der Waals surface area contributed by atoms with Crippen LogP contribution in [0.5, 0.6) is 5.75 Å². The van der Waals surface area contributed by atoms with E-state index in [1.165, 1.54) is 24.8 Å². The zero-order valence-corrected chi connectivity index (χ0v) is 13.8. The third-order valence-electron chi connectivity index (χ3n) is 5.40. The van der Waals surface area contributed by atoms with Crippen molar-refractivity contribution in [2.75, 3.05) is 6.54 Å². The van der Waals surface area contributed by atoms with Crippen LogP contribution in [-0.2, 0) is 6.54 Å². The lowest BCUT2D eigenvalue weighted by Crippen LogP contribution is -2.47. The lowest BCUT2D eigenvalue weighted by atomic mass is 9.95. The first kappa shape index (κ1) is 15.2. The average molecular weight is 318 g/mol. The summed E-state index contributed by atoms with van der Waals surface area (Å²) in [5.41, 5.74) is 2.05. The van der Waals surface area contributed by atoms with E-state index in [1.54, 1.807) is 0 Å². The fraction of sp³-hybridized carbons (Fsp3) is 0.381. The Morgan fingerprint density at radius 3 is 2.58 bits per heavy atom. The van der Waals surface area contributed by atoms with Crippen molar-refractivity contribution >= 4 is 0 Å². The minimum atomic E-state index is 0.250. The molecule has 2 bridgehead atoms. The molecule has 4 rings (SSSR count). The number of likely N-dealkylation sites (tertiary alicyclic amines) is 1. The molecule has 0 spiro atoms. The van der Waals surface area contributed by atoms with E-state index in [0.717, 1.165) is 18.8 Å². The zero-order valence-electron chi connectivity index (χ0n) is 13.8. The van der Waals surface area contributed by atoms with E-state index in [1.807, 2.05) is 24.3 Å². The summed E-state index contributed by atoms with van der Waals surface area (Å²) in [5.74, 6) is 1.54. The summed E-state index contributed by atoms with van der Waals surface area (Å²) in [6, 6.07) is 21.1. The molecule has 1 aliphatic carbocycles. The summed E-state index contributed by atoms with van der Waals surface area (Å²) in [4.78, 5) is 2.59. The van der Waals surface area contributed by atoms with Crippen molar-refractivity contribution in [3.8, 4) is 11.8 Å². The second-order valence-corrected chi connectivity index (χ2v) is 6.93. The van der Waals surface area contributed by atoms with Crippen molar-refractivity contribution in [3.05, 3.63) is 65.7 Å². The molecule has 0 amide bonds. The number of hydrogen-bond acceptors (Lipinski definition) is 3. The predicted octanol–water partition coefficient (Wildman–Crippen LogP) is 3.99. The van der Waals surface area contributed by atoms with E-state index in [2.05, 4.69) is 41.3 Å². The van der Waals surface area contributed by atoms with Crippen LogP contribution in [0, 0.1) is 17.2 Å². The van der Waals surface area contributed by atoms with Gasteiger partial charge in [0, 0.05) is 19.1 Å². The Hall–Kier alpha value is -2.31. The van der Waals surface area contributed by atoms with Gasteiger partial charge in [0.05, 0.1) is 11.6 Å². The molecule has 1 saturated carbocycles. The van der Waals surface area contributed by atoms with Gasteiger partial charge in [-0.2, -0.15) is 5.26 Å².